The molecule has 0 saturated heterocycles. The molecule has 0 bridgehead atoms. The summed E-state index contributed by atoms with van der Waals surface area (Å²) in [5.74, 6) is 1.09. The molecule has 1 aromatic rings. The van der Waals surface area contributed by atoms with Gasteiger partial charge in [0, 0.05) is 24.2 Å². The summed E-state index contributed by atoms with van der Waals surface area (Å²) in [6.07, 6.45) is 0. The number of benzene rings is 1. The molecule has 0 fully saturated rings. The second-order valence-electron chi connectivity index (χ2n) is 2.72. The van der Waals surface area contributed by atoms with Crippen molar-refractivity contribution in [2.75, 3.05) is 18.1 Å². The molecule has 0 saturated carbocycles. The van der Waals surface area contributed by atoms with Gasteiger partial charge in [-0.05, 0) is 23.4 Å². The van der Waals surface area contributed by atoms with Gasteiger partial charge in [-0.15, -0.1) is 11.8 Å². The van der Waals surface area contributed by atoms with E-state index in [0.29, 0.717) is 6.54 Å². The third-order valence-corrected chi connectivity index (χ3v) is 2.80. The Morgan fingerprint density at radius 2 is 2.23 bits per heavy atom. The lowest BCUT2D eigenvalue weighted by molar-refractivity contribution is 1.07. The largest absolute Gasteiger partial charge is 0.387 e. The van der Waals surface area contributed by atoms with E-state index in [9.17, 15) is 0 Å². The van der Waals surface area contributed by atoms with E-state index in [2.05, 4.69) is 30.4 Å². The average Bonchev–Trinajstić information content (AvgIpc) is 2.19. The van der Waals surface area contributed by atoms with Crippen LogP contribution in [0.2, 0.25) is 0 Å². The third-order valence-electron chi connectivity index (χ3n) is 1.85. The van der Waals surface area contributed by atoms with Gasteiger partial charge >= 0.3 is 0 Å². The molecule has 0 aliphatic rings. The van der Waals surface area contributed by atoms with Crippen LogP contribution < -0.4 is 11.1 Å². The van der Waals surface area contributed by atoms with Gasteiger partial charge in [0.1, 0.15) is 0 Å². The molecular weight excluding hydrogens is 180 g/mol. The quantitative estimate of drug-likeness (QED) is 0.726. The summed E-state index contributed by atoms with van der Waals surface area (Å²) >= 11 is 1.84. The predicted octanol–water partition coefficient (Wildman–Crippen LogP) is 2.30. The summed E-state index contributed by atoms with van der Waals surface area (Å²) < 4.78 is 0. The third kappa shape index (κ3) is 2.64. The molecule has 0 aliphatic heterocycles. The Bertz CT molecular complexity index is 274. The van der Waals surface area contributed by atoms with Crippen LogP contribution in [0.5, 0.6) is 0 Å². The first kappa shape index (κ1) is 10.4. The van der Waals surface area contributed by atoms with Crippen molar-refractivity contribution in [2.45, 2.75) is 18.4 Å². The van der Waals surface area contributed by atoms with Gasteiger partial charge in [-0.3, -0.25) is 0 Å². The van der Waals surface area contributed by atoms with Crippen LogP contribution >= 0.6 is 11.8 Å². The molecule has 3 heteroatoms. The maximum Gasteiger partial charge on any atom is 0.0479 e. The van der Waals surface area contributed by atoms with Crippen molar-refractivity contribution in [2.24, 2.45) is 5.73 Å². The minimum Gasteiger partial charge on any atom is -0.387 e. The van der Waals surface area contributed by atoms with E-state index in [0.717, 1.165) is 5.75 Å². The molecule has 0 radical (unpaired) electrons. The van der Waals surface area contributed by atoms with E-state index in [-0.39, 0.29) is 0 Å². The molecule has 0 aromatic heterocycles. The van der Waals surface area contributed by atoms with Crippen LogP contribution in [0.1, 0.15) is 12.5 Å². The van der Waals surface area contributed by atoms with Crippen molar-refractivity contribution in [3.63, 3.8) is 0 Å². The molecule has 0 heterocycles. The van der Waals surface area contributed by atoms with E-state index >= 15 is 0 Å². The van der Waals surface area contributed by atoms with Gasteiger partial charge < -0.3 is 11.1 Å². The monoisotopic (exact) mass is 196 g/mol. The molecule has 0 unspecified atom stereocenters. The Kier molecular flexibility index (Phi) is 4.12. The Balaban J connectivity index is 2.93. The summed E-state index contributed by atoms with van der Waals surface area (Å²) in [5.41, 5.74) is 7.91. The molecule has 3 N–H and O–H groups in total. The fourth-order valence-electron chi connectivity index (χ4n) is 1.18. The van der Waals surface area contributed by atoms with Gasteiger partial charge in [0.25, 0.3) is 0 Å². The molecule has 1 rings (SSSR count). The summed E-state index contributed by atoms with van der Waals surface area (Å²) in [4.78, 5) is 1.29. The van der Waals surface area contributed by atoms with Crippen molar-refractivity contribution in [1.29, 1.82) is 0 Å². The van der Waals surface area contributed by atoms with Crippen molar-refractivity contribution in [3.05, 3.63) is 23.8 Å². The molecular formula is C10H16N2S. The van der Waals surface area contributed by atoms with Crippen LogP contribution in [0.15, 0.2) is 23.1 Å². The Labute approximate surface area is 83.9 Å². The van der Waals surface area contributed by atoms with Gasteiger partial charge in [-0.2, -0.15) is 0 Å². The number of thioether (sulfide) groups is 1. The number of nitrogens with one attached hydrogen (secondary N) is 1. The highest BCUT2D eigenvalue weighted by Gasteiger charge is 2.00. The lowest BCUT2D eigenvalue weighted by Crippen LogP contribution is -1.98. The van der Waals surface area contributed by atoms with E-state index in [1.807, 2.05) is 18.8 Å². The van der Waals surface area contributed by atoms with E-state index < -0.39 is 0 Å². The number of nitrogens with two attached hydrogens (primary N) is 1. The van der Waals surface area contributed by atoms with Crippen LogP contribution in [0, 0.1) is 0 Å². The Hall–Kier alpha value is -0.670. The number of anilines is 1. The molecule has 1 aromatic carbocycles. The molecule has 0 amide bonds. The topological polar surface area (TPSA) is 38.0 Å². The van der Waals surface area contributed by atoms with Crippen molar-refractivity contribution in [1.82, 2.24) is 0 Å². The summed E-state index contributed by atoms with van der Waals surface area (Å²) in [6.45, 7) is 2.76. The summed E-state index contributed by atoms with van der Waals surface area (Å²) in [6, 6.07) is 6.32. The zero-order valence-corrected chi connectivity index (χ0v) is 8.95. The maximum absolute atomic E-state index is 5.56. The SMILES string of the molecule is CCSc1ccc(CN)cc1NC. The number of hydrogen-bond donors (Lipinski definition) is 2. The van der Waals surface area contributed by atoms with Gasteiger partial charge in [-0.25, -0.2) is 0 Å². The van der Waals surface area contributed by atoms with E-state index in [1.54, 1.807) is 0 Å². The Morgan fingerprint density at radius 1 is 1.46 bits per heavy atom. The minimum absolute atomic E-state index is 0.603. The van der Waals surface area contributed by atoms with E-state index in [4.69, 9.17) is 5.73 Å². The van der Waals surface area contributed by atoms with Crippen molar-refractivity contribution < 1.29 is 0 Å². The second kappa shape index (κ2) is 5.14. The summed E-state index contributed by atoms with van der Waals surface area (Å²) in [5, 5.41) is 3.18. The first-order valence-corrected chi connectivity index (χ1v) is 5.44. The van der Waals surface area contributed by atoms with Crippen LogP contribution in [0.4, 0.5) is 5.69 Å². The van der Waals surface area contributed by atoms with Gasteiger partial charge in [0.15, 0.2) is 0 Å². The minimum atomic E-state index is 0.603. The first-order chi connectivity index (χ1) is 6.31. The van der Waals surface area contributed by atoms with Gasteiger partial charge in [0.05, 0.1) is 0 Å². The van der Waals surface area contributed by atoms with Crippen LogP contribution in [-0.4, -0.2) is 12.8 Å². The van der Waals surface area contributed by atoms with Crippen molar-refractivity contribution in [3.8, 4) is 0 Å². The highest BCUT2D eigenvalue weighted by atomic mass is 32.2. The van der Waals surface area contributed by atoms with Crippen LogP contribution in [0.25, 0.3) is 0 Å². The highest BCUT2D eigenvalue weighted by Crippen LogP contribution is 2.27. The predicted molar refractivity (Wildman–Crippen MR) is 60.3 cm³/mol. The zero-order chi connectivity index (χ0) is 9.68. The van der Waals surface area contributed by atoms with E-state index in [1.165, 1.54) is 16.1 Å². The van der Waals surface area contributed by atoms with Crippen LogP contribution in [0.3, 0.4) is 0 Å². The highest BCUT2D eigenvalue weighted by molar-refractivity contribution is 7.99. The fraction of sp³-hybridized carbons (Fsp3) is 0.400. The molecule has 0 spiro atoms. The summed E-state index contributed by atoms with van der Waals surface area (Å²) in [7, 11) is 1.94. The van der Waals surface area contributed by atoms with Crippen LogP contribution in [-0.2, 0) is 6.54 Å². The Morgan fingerprint density at radius 3 is 2.77 bits per heavy atom. The smallest absolute Gasteiger partial charge is 0.0479 e. The molecule has 2 nitrogen and oxygen atoms in total. The second-order valence-corrected chi connectivity index (χ2v) is 4.02. The van der Waals surface area contributed by atoms with Crippen molar-refractivity contribution >= 4 is 17.4 Å². The first-order valence-electron chi connectivity index (χ1n) is 4.45. The molecule has 13 heavy (non-hydrogen) atoms. The molecule has 0 aliphatic carbocycles. The standard InChI is InChI=1S/C10H16N2S/c1-3-13-10-5-4-8(7-11)6-9(10)12-2/h4-6,12H,3,7,11H2,1-2H3. The molecule has 0 atom stereocenters. The normalized spacial score (nSPS) is 10.1. The zero-order valence-electron chi connectivity index (χ0n) is 8.13. The fourth-order valence-corrected chi connectivity index (χ4v) is 1.97. The lowest BCUT2D eigenvalue weighted by atomic mass is 10.2. The maximum atomic E-state index is 5.56. The molecule has 72 valence electrons. The van der Waals surface area contributed by atoms with Gasteiger partial charge in [-0.1, -0.05) is 13.0 Å². The van der Waals surface area contributed by atoms with Gasteiger partial charge in [0.2, 0.25) is 0 Å². The number of hydrogen-bond acceptors (Lipinski definition) is 3. The lowest BCUT2D eigenvalue weighted by Gasteiger charge is -2.09. The number of rotatable bonds is 4. The average molecular weight is 196 g/mol.